The van der Waals surface area contributed by atoms with Gasteiger partial charge >= 0.3 is 0 Å². The van der Waals surface area contributed by atoms with Crippen LogP contribution < -0.4 is 15.4 Å². The first-order valence-electron chi connectivity index (χ1n) is 9.13. The second-order valence-corrected chi connectivity index (χ2v) is 6.31. The summed E-state index contributed by atoms with van der Waals surface area (Å²) < 4.78 is 7.43. The van der Waals surface area contributed by atoms with Crippen LogP contribution in [0, 0.1) is 5.41 Å². The fourth-order valence-electron chi connectivity index (χ4n) is 3.00. The fraction of sp³-hybridized carbons (Fsp3) is 0.300. The minimum absolute atomic E-state index is 0.0231. The van der Waals surface area contributed by atoms with Crippen molar-refractivity contribution in [2.45, 2.75) is 19.9 Å². The molecule has 3 N–H and O–H groups in total. The van der Waals surface area contributed by atoms with Gasteiger partial charge in [-0.15, -0.1) is 0 Å². The van der Waals surface area contributed by atoms with Gasteiger partial charge in [0, 0.05) is 38.3 Å². The molecule has 0 spiro atoms. The summed E-state index contributed by atoms with van der Waals surface area (Å²) in [5.41, 5.74) is 4.68. The van der Waals surface area contributed by atoms with Crippen LogP contribution in [0.1, 0.15) is 31.1 Å². The Labute approximate surface area is 164 Å². The summed E-state index contributed by atoms with van der Waals surface area (Å²) in [6.45, 7) is 4.50. The van der Waals surface area contributed by atoms with Crippen LogP contribution in [0.4, 0.5) is 11.4 Å². The van der Waals surface area contributed by atoms with Gasteiger partial charge in [-0.1, -0.05) is 0 Å². The van der Waals surface area contributed by atoms with Crippen molar-refractivity contribution >= 4 is 17.6 Å². The molecule has 28 heavy (non-hydrogen) atoms. The third-order valence-electron chi connectivity index (χ3n) is 4.36. The van der Waals surface area contributed by atoms with E-state index in [-0.39, 0.29) is 6.04 Å². The third-order valence-corrected chi connectivity index (χ3v) is 4.36. The van der Waals surface area contributed by atoms with E-state index in [4.69, 9.17) is 10.1 Å². The fourth-order valence-corrected chi connectivity index (χ4v) is 3.00. The molecule has 146 valence electrons. The van der Waals surface area contributed by atoms with Crippen LogP contribution in [-0.4, -0.2) is 39.6 Å². The highest BCUT2D eigenvalue weighted by Gasteiger charge is 2.17. The lowest BCUT2D eigenvalue weighted by Crippen LogP contribution is -2.11. The highest BCUT2D eigenvalue weighted by atomic mass is 16.5. The zero-order valence-electron chi connectivity index (χ0n) is 16.5. The lowest BCUT2D eigenvalue weighted by Gasteiger charge is -2.20. The van der Waals surface area contributed by atoms with Gasteiger partial charge < -0.3 is 20.8 Å². The molecule has 0 aromatic carbocycles. The van der Waals surface area contributed by atoms with Gasteiger partial charge in [-0.05, 0) is 32.0 Å². The quantitative estimate of drug-likeness (QED) is 0.518. The molecule has 0 saturated carbocycles. The zero-order valence-corrected chi connectivity index (χ0v) is 16.5. The van der Waals surface area contributed by atoms with E-state index in [1.807, 2.05) is 51.6 Å². The van der Waals surface area contributed by atoms with Crippen molar-refractivity contribution < 1.29 is 4.74 Å². The first kappa shape index (κ1) is 19.3. The Balaban J connectivity index is 2.06. The Morgan fingerprint density at radius 3 is 2.86 bits per heavy atom. The molecule has 0 saturated heterocycles. The zero-order chi connectivity index (χ0) is 20.1. The number of aromatic nitrogens is 4. The number of hydrogen-bond acceptors (Lipinski definition) is 7. The second-order valence-electron chi connectivity index (χ2n) is 6.31. The maximum absolute atomic E-state index is 7.81. The minimum atomic E-state index is 0.0231. The molecule has 0 aliphatic heterocycles. The van der Waals surface area contributed by atoms with E-state index in [2.05, 4.69) is 32.6 Å². The number of ether oxygens (including phenoxy) is 1. The van der Waals surface area contributed by atoms with Crippen molar-refractivity contribution in [1.82, 2.24) is 19.7 Å². The molecule has 8 heteroatoms. The summed E-state index contributed by atoms with van der Waals surface area (Å²) in [5.74, 6) is 0.525. The molecule has 3 aromatic heterocycles. The first-order chi connectivity index (χ1) is 13.6. The topological polar surface area (TPSA) is 101 Å². The van der Waals surface area contributed by atoms with Crippen molar-refractivity contribution in [3.63, 3.8) is 0 Å². The number of aryl methyl sites for hydroxylation is 1. The summed E-state index contributed by atoms with van der Waals surface area (Å²) >= 11 is 0. The summed E-state index contributed by atoms with van der Waals surface area (Å²) in [4.78, 5) is 8.96. The number of anilines is 2. The predicted molar refractivity (Wildman–Crippen MR) is 111 cm³/mol. The van der Waals surface area contributed by atoms with Crippen LogP contribution in [0.5, 0.6) is 5.88 Å². The number of hydrogen-bond donors (Lipinski definition) is 3. The van der Waals surface area contributed by atoms with E-state index in [1.165, 1.54) is 6.21 Å². The molecular weight excluding hydrogens is 354 g/mol. The average molecular weight is 379 g/mol. The van der Waals surface area contributed by atoms with E-state index < -0.39 is 0 Å². The van der Waals surface area contributed by atoms with Gasteiger partial charge in [-0.3, -0.25) is 4.68 Å². The molecule has 0 amide bonds. The summed E-state index contributed by atoms with van der Waals surface area (Å²) in [6, 6.07) is 5.74. The molecule has 3 heterocycles. The normalized spacial score (nSPS) is 11.7. The van der Waals surface area contributed by atoms with E-state index in [9.17, 15) is 0 Å². The van der Waals surface area contributed by atoms with Crippen molar-refractivity contribution in [2.75, 3.05) is 24.3 Å². The maximum Gasteiger partial charge on any atom is 0.222 e. The molecule has 8 nitrogen and oxygen atoms in total. The molecule has 1 unspecified atom stereocenters. The van der Waals surface area contributed by atoms with Gasteiger partial charge in [0.1, 0.15) is 5.69 Å². The number of nitrogens with one attached hydrogen (secondary N) is 3. The number of pyridine rings is 2. The second kappa shape index (κ2) is 8.51. The lowest BCUT2D eigenvalue weighted by molar-refractivity contribution is 0.328. The van der Waals surface area contributed by atoms with Crippen molar-refractivity contribution in [3.8, 4) is 17.1 Å². The molecule has 0 bridgehead atoms. The van der Waals surface area contributed by atoms with E-state index >= 15 is 0 Å². The van der Waals surface area contributed by atoms with Crippen LogP contribution in [-0.2, 0) is 7.05 Å². The molecule has 3 aromatic rings. The molecule has 3 rings (SSSR count). The maximum atomic E-state index is 7.81. The van der Waals surface area contributed by atoms with Crippen molar-refractivity contribution in [2.24, 2.45) is 7.05 Å². The number of rotatable bonds is 8. The molecule has 0 aliphatic rings. The van der Waals surface area contributed by atoms with E-state index in [0.717, 1.165) is 22.5 Å². The van der Waals surface area contributed by atoms with Crippen LogP contribution in [0.3, 0.4) is 0 Å². The van der Waals surface area contributed by atoms with Crippen LogP contribution >= 0.6 is 0 Å². The van der Waals surface area contributed by atoms with Crippen LogP contribution in [0.15, 0.2) is 36.8 Å². The Hall–Kier alpha value is -3.42. The summed E-state index contributed by atoms with van der Waals surface area (Å²) in [7, 11) is 3.71. The number of nitrogens with zero attached hydrogens (tertiary/aromatic N) is 4. The molecule has 1 atom stereocenters. The minimum Gasteiger partial charge on any atom is -0.477 e. The monoisotopic (exact) mass is 379 g/mol. The van der Waals surface area contributed by atoms with Gasteiger partial charge in [0.05, 0.1) is 41.5 Å². The van der Waals surface area contributed by atoms with Crippen molar-refractivity contribution in [3.05, 3.63) is 48.0 Å². The van der Waals surface area contributed by atoms with Crippen LogP contribution in [0.25, 0.3) is 11.3 Å². The Morgan fingerprint density at radius 1 is 1.39 bits per heavy atom. The average Bonchev–Trinajstić information content (AvgIpc) is 3.14. The van der Waals surface area contributed by atoms with Crippen molar-refractivity contribution in [1.29, 1.82) is 5.41 Å². The summed E-state index contributed by atoms with van der Waals surface area (Å²) in [5, 5.41) is 18.7. The molecule has 0 fully saturated rings. The van der Waals surface area contributed by atoms with E-state index in [0.29, 0.717) is 23.9 Å². The largest absolute Gasteiger partial charge is 0.477 e. The van der Waals surface area contributed by atoms with Gasteiger partial charge in [0.2, 0.25) is 5.88 Å². The third kappa shape index (κ3) is 3.95. The van der Waals surface area contributed by atoms with E-state index in [1.54, 1.807) is 10.9 Å². The van der Waals surface area contributed by atoms with Crippen LogP contribution in [0.2, 0.25) is 0 Å². The lowest BCUT2D eigenvalue weighted by atomic mass is 10.1. The Morgan fingerprint density at radius 2 is 2.21 bits per heavy atom. The predicted octanol–water partition coefficient (Wildman–Crippen LogP) is 3.49. The Kier molecular flexibility index (Phi) is 5.88. The highest BCUT2D eigenvalue weighted by Crippen LogP contribution is 2.34. The molecular formula is C20H25N7O. The molecule has 0 aliphatic carbocycles. The van der Waals surface area contributed by atoms with Gasteiger partial charge in [-0.2, -0.15) is 5.10 Å². The molecule has 0 radical (unpaired) electrons. The Bertz CT molecular complexity index is 967. The SMILES string of the molecule is CCOc1ncccc1-c1cc(NC(C)c2cnn(C)c2)c(NC)c(C=N)n1. The first-order valence-corrected chi connectivity index (χ1v) is 9.13. The highest BCUT2D eigenvalue weighted by molar-refractivity contribution is 5.91. The smallest absolute Gasteiger partial charge is 0.222 e. The van der Waals surface area contributed by atoms with Gasteiger partial charge in [0.15, 0.2) is 0 Å². The van der Waals surface area contributed by atoms with Gasteiger partial charge in [-0.25, -0.2) is 9.97 Å². The summed E-state index contributed by atoms with van der Waals surface area (Å²) in [6.07, 6.45) is 6.75. The standard InChI is InChI=1S/C20H25N7O/c1-5-28-20-15(7-6-8-23-20)16-9-17(19(22-3)18(10-21)26-16)25-13(2)14-11-24-27(4)12-14/h6-13,21-22H,5H2,1-4H3,(H,25,26). The van der Waals surface area contributed by atoms with Gasteiger partial charge in [0.25, 0.3) is 0 Å².